The van der Waals surface area contributed by atoms with Gasteiger partial charge in [0.2, 0.25) is 0 Å². The van der Waals surface area contributed by atoms with Gasteiger partial charge in [-0.2, -0.15) is 0 Å². The molecular weight excluding hydrogens is 292 g/mol. The summed E-state index contributed by atoms with van der Waals surface area (Å²) in [7, 11) is 0. The number of halogens is 2. The smallest absolute Gasteiger partial charge is 0.258 e. The molecule has 0 bridgehead atoms. The van der Waals surface area contributed by atoms with E-state index in [0.29, 0.717) is 5.75 Å². The minimum atomic E-state index is -0.519. The molecule has 6 heteroatoms. The van der Waals surface area contributed by atoms with Crippen LogP contribution >= 0.6 is 0 Å². The molecule has 0 aliphatic heterocycles. The van der Waals surface area contributed by atoms with Gasteiger partial charge in [-0.15, -0.1) is 0 Å². The van der Waals surface area contributed by atoms with E-state index in [1.807, 2.05) is 0 Å². The van der Waals surface area contributed by atoms with Crippen LogP contribution in [0.5, 0.6) is 11.5 Å². The topological polar surface area (TPSA) is 47.6 Å². The number of ether oxygens (including phenoxy) is 2. The Morgan fingerprint density at radius 2 is 1.73 bits per heavy atom. The molecule has 116 valence electrons. The molecule has 0 atom stereocenters. The summed E-state index contributed by atoms with van der Waals surface area (Å²) >= 11 is 0. The van der Waals surface area contributed by atoms with Gasteiger partial charge < -0.3 is 14.8 Å². The van der Waals surface area contributed by atoms with Crippen LogP contribution in [0.4, 0.5) is 8.78 Å². The molecule has 0 aliphatic carbocycles. The Labute approximate surface area is 126 Å². The van der Waals surface area contributed by atoms with E-state index >= 15 is 0 Å². The van der Waals surface area contributed by atoms with Crippen LogP contribution in [-0.2, 0) is 4.79 Å². The van der Waals surface area contributed by atoms with Crippen molar-refractivity contribution in [3.8, 4) is 11.5 Å². The molecule has 2 aromatic rings. The van der Waals surface area contributed by atoms with E-state index in [0.717, 1.165) is 0 Å². The Kier molecular flexibility index (Phi) is 5.71. The van der Waals surface area contributed by atoms with Crippen molar-refractivity contribution in [2.75, 3.05) is 19.8 Å². The molecule has 0 saturated heterocycles. The van der Waals surface area contributed by atoms with Crippen molar-refractivity contribution in [3.05, 3.63) is 60.2 Å². The van der Waals surface area contributed by atoms with Crippen molar-refractivity contribution < 1.29 is 23.0 Å². The molecule has 2 aromatic carbocycles. The maximum Gasteiger partial charge on any atom is 0.258 e. The average Bonchev–Trinajstić information content (AvgIpc) is 2.52. The van der Waals surface area contributed by atoms with Crippen LogP contribution in [0.25, 0.3) is 0 Å². The van der Waals surface area contributed by atoms with Gasteiger partial charge in [0, 0.05) is 0 Å². The summed E-state index contributed by atoms with van der Waals surface area (Å²) in [5, 5.41) is 2.57. The van der Waals surface area contributed by atoms with E-state index < -0.39 is 5.82 Å². The lowest BCUT2D eigenvalue weighted by molar-refractivity contribution is -0.123. The Morgan fingerprint density at radius 1 is 1.00 bits per heavy atom. The molecule has 0 fully saturated rings. The predicted molar refractivity (Wildman–Crippen MR) is 76.8 cm³/mol. The molecule has 0 radical (unpaired) electrons. The van der Waals surface area contributed by atoms with Gasteiger partial charge in [-0.05, 0) is 36.4 Å². The first kappa shape index (κ1) is 15.8. The summed E-state index contributed by atoms with van der Waals surface area (Å²) in [4.78, 5) is 11.5. The normalized spacial score (nSPS) is 10.1. The largest absolute Gasteiger partial charge is 0.492 e. The molecule has 0 aliphatic rings. The van der Waals surface area contributed by atoms with Crippen molar-refractivity contribution in [1.29, 1.82) is 0 Å². The van der Waals surface area contributed by atoms with Crippen LogP contribution in [0.15, 0.2) is 48.5 Å². The average molecular weight is 307 g/mol. The van der Waals surface area contributed by atoms with Gasteiger partial charge >= 0.3 is 0 Å². The minimum absolute atomic E-state index is 0.0280. The highest BCUT2D eigenvalue weighted by atomic mass is 19.1. The number of hydrogen-bond acceptors (Lipinski definition) is 3. The van der Waals surface area contributed by atoms with Gasteiger partial charge in [0.05, 0.1) is 6.54 Å². The molecule has 0 unspecified atom stereocenters. The number of nitrogens with one attached hydrogen (secondary N) is 1. The van der Waals surface area contributed by atoms with Crippen LogP contribution < -0.4 is 14.8 Å². The maximum absolute atomic E-state index is 13.3. The SMILES string of the molecule is O=C(COc1ccccc1F)NCCOc1ccc(F)cc1. The van der Waals surface area contributed by atoms with E-state index in [-0.39, 0.29) is 37.2 Å². The summed E-state index contributed by atoms with van der Waals surface area (Å²) in [6, 6.07) is 11.4. The summed E-state index contributed by atoms with van der Waals surface area (Å²) in [6.07, 6.45) is 0. The zero-order valence-electron chi connectivity index (χ0n) is 11.7. The molecule has 0 spiro atoms. The third kappa shape index (κ3) is 5.05. The van der Waals surface area contributed by atoms with Crippen LogP contribution in [0.2, 0.25) is 0 Å². The summed E-state index contributed by atoms with van der Waals surface area (Å²) in [6.45, 7) is 0.214. The van der Waals surface area contributed by atoms with E-state index in [9.17, 15) is 13.6 Å². The zero-order valence-corrected chi connectivity index (χ0v) is 11.7. The minimum Gasteiger partial charge on any atom is -0.492 e. The molecule has 0 saturated carbocycles. The van der Waals surface area contributed by atoms with Crippen molar-refractivity contribution in [2.45, 2.75) is 0 Å². The zero-order chi connectivity index (χ0) is 15.8. The second-order valence-corrected chi connectivity index (χ2v) is 4.37. The highest BCUT2D eigenvalue weighted by molar-refractivity contribution is 5.77. The molecule has 22 heavy (non-hydrogen) atoms. The third-order valence-corrected chi connectivity index (χ3v) is 2.70. The summed E-state index contributed by atoms with van der Waals surface area (Å²) < 4.78 is 36.3. The molecule has 4 nitrogen and oxygen atoms in total. The molecular formula is C16H15F2NO3. The van der Waals surface area contributed by atoms with Crippen LogP contribution in [-0.4, -0.2) is 25.7 Å². The molecule has 1 N–H and O–H groups in total. The summed E-state index contributed by atoms with van der Waals surface area (Å²) in [5.74, 6) is -0.703. The number of rotatable bonds is 7. The highest BCUT2D eigenvalue weighted by Gasteiger charge is 2.05. The third-order valence-electron chi connectivity index (χ3n) is 2.70. The van der Waals surface area contributed by atoms with Gasteiger partial charge in [-0.1, -0.05) is 12.1 Å². The lowest BCUT2D eigenvalue weighted by Gasteiger charge is -2.09. The molecule has 0 aromatic heterocycles. The first-order valence-corrected chi connectivity index (χ1v) is 6.67. The quantitative estimate of drug-likeness (QED) is 0.800. The van der Waals surface area contributed by atoms with Gasteiger partial charge in [-0.25, -0.2) is 8.78 Å². The number of amides is 1. The molecule has 0 heterocycles. The van der Waals surface area contributed by atoms with Crippen molar-refractivity contribution in [1.82, 2.24) is 5.32 Å². The monoisotopic (exact) mass is 307 g/mol. The van der Waals surface area contributed by atoms with E-state index in [2.05, 4.69) is 5.32 Å². The highest BCUT2D eigenvalue weighted by Crippen LogP contribution is 2.14. The Hall–Kier alpha value is -2.63. The second-order valence-electron chi connectivity index (χ2n) is 4.37. The van der Waals surface area contributed by atoms with Crippen molar-refractivity contribution >= 4 is 5.91 Å². The van der Waals surface area contributed by atoms with Crippen LogP contribution in [0, 0.1) is 11.6 Å². The standard InChI is InChI=1S/C16H15F2NO3/c17-12-5-7-13(8-6-12)21-10-9-19-16(20)11-22-15-4-2-1-3-14(15)18/h1-8H,9-11H2,(H,19,20). The Bertz CT molecular complexity index is 617. The van der Waals surface area contributed by atoms with Gasteiger partial charge in [0.1, 0.15) is 18.2 Å². The van der Waals surface area contributed by atoms with Gasteiger partial charge in [-0.3, -0.25) is 4.79 Å². The van der Waals surface area contributed by atoms with E-state index in [4.69, 9.17) is 9.47 Å². The fourth-order valence-corrected chi connectivity index (χ4v) is 1.65. The van der Waals surface area contributed by atoms with Gasteiger partial charge in [0.15, 0.2) is 18.2 Å². The maximum atomic E-state index is 13.3. The Morgan fingerprint density at radius 3 is 2.45 bits per heavy atom. The number of carbonyl (C=O) groups excluding carboxylic acids is 1. The number of benzene rings is 2. The predicted octanol–water partition coefficient (Wildman–Crippen LogP) is 2.54. The second kappa shape index (κ2) is 7.97. The first-order valence-electron chi connectivity index (χ1n) is 6.67. The number of carbonyl (C=O) groups is 1. The Balaban J connectivity index is 1.64. The van der Waals surface area contributed by atoms with Crippen molar-refractivity contribution in [3.63, 3.8) is 0 Å². The molecule has 2 rings (SSSR count). The summed E-state index contributed by atoms with van der Waals surface area (Å²) in [5.41, 5.74) is 0. The lowest BCUT2D eigenvalue weighted by atomic mass is 10.3. The number of hydrogen-bond donors (Lipinski definition) is 1. The molecule has 1 amide bonds. The van der Waals surface area contributed by atoms with Crippen molar-refractivity contribution in [2.24, 2.45) is 0 Å². The van der Waals surface area contributed by atoms with E-state index in [1.165, 1.54) is 42.5 Å². The van der Waals surface area contributed by atoms with Gasteiger partial charge in [0.25, 0.3) is 5.91 Å². The van der Waals surface area contributed by atoms with E-state index in [1.54, 1.807) is 6.07 Å². The first-order chi connectivity index (χ1) is 10.6. The van der Waals surface area contributed by atoms with Crippen LogP contribution in [0.1, 0.15) is 0 Å². The van der Waals surface area contributed by atoms with Crippen LogP contribution in [0.3, 0.4) is 0 Å². The number of para-hydroxylation sites is 1. The lowest BCUT2D eigenvalue weighted by Crippen LogP contribution is -2.32. The fraction of sp³-hybridized carbons (Fsp3) is 0.188. The fourth-order valence-electron chi connectivity index (χ4n) is 1.65.